The van der Waals surface area contributed by atoms with Gasteiger partial charge in [-0.3, -0.25) is 4.79 Å². The first-order valence-electron chi connectivity index (χ1n) is 7.03. The summed E-state index contributed by atoms with van der Waals surface area (Å²) < 4.78 is 5.54. The predicted molar refractivity (Wildman–Crippen MR) is 75.0 cm³/mol. The van der Waals surface area contributed by atoms with Gasteiger partial charge in [-0.05, 0) is 32.1 Å². The Morgan fingerprint density at radius 2 is 2.00 bits per heavy atom. The molecular weight excluding hydrogens is 250 g/mol. The molecule has 0 atom stereocenters. The summed E-state index contributed by atoms with van der Waals surface area (Å²) in [5, 5.41) is 0. The molecule has 0 bridgehead atoms. The molecule has 1 aliphatic rings. The highest BCUT2D eigenvalue weighted by Gasteiger charge is 2.40. The molecule has 106 valence electrons. The highest BCUT2D eigenvalue weighted by atomic mass is 35.5. The first-order chi connectivity index (χ1) is 8.62. The highest BCUT2D eigenvalue weighted by Crippen LogP contribution is 2.38. The number of rotatable bonds is 8. The van der Waals surface area contributed by atoms with Crippen molar-refractivity contribution in [2.24, 2.45) is 0 Å². The number of alkyl halides is 1. The minimum atomic E-state index is -0.187. The zero-order valence-electron chi connectivity index (χ0n) is 11.9. The number of ether oxygens (including phenoxy) is 1. The van der Waals surface area contributed by atoms with Crippen LogP contribution in [0.2, 0.25) is 0 Å². The van der Waals surface area contributed by atoms with Crippen LogP contribution in [-0.4, -0.2) is 42.0 Å². The van der Waals surface area contributed by atoms with Crippen LogP contribution in [0, 0.1) is 0 Å². The van der Waals surface area contributed by atoms with Gasteiger partial charge < -0.3 is 9.64 Å². The van der Waals surface area contributed by atoms with E-state index in [1.54, 1.807) is 7.11 Å². The lowest BCUT2D eigenvalue weighted by Crippen LogP contribution is -2.48. The highest BCUT2D eigenvalue weighted by molar-refractivity contribution is 6.18. The molecule has 1 amide bonds. The average Bonchev–Trinajstić information content (AvgIpc) is 2.34. The molecule has 4 heteroatoms. The van der Waals surface area contributed by atoms with Crippen molar-refractivity contribution in [1.29, 1.82) is 0 Å². The number of hydrogen-bond donors (Lipinski definition) is 0. The predicted octanol–water partition coefficient (Wildman–Crippen LogP) is 3.20. The number of nitrogens with zero attached hydrogens (tertiary/aromatic N) is 1. The van der Waals surface area contributed by atoms with Gasteiger partial charge in [-0.1, -0.05) is 13.8 Å². The van der Waals surface area contributed by atoms with Crippen molar-refractivity contribution >= 4 is 17.5 Å². The van der Waals surface area contributed by atoms with Crippen LogP contribution in [0.15, 0.2) is 0 Å². The topological polar surface area (TPSA) is 29.5 Å². The summed E-state index contributed by atoms with van der Waals surface area (Å²) >= 11 is 5.83. The van der Waals surface area contributed by atoms with E-state index in [1.807, 2.05) is 4.90 Å². The molecule has 1 saturated carbocycles. The third-order valence-corrected chi connectivity index (χ3v) is 4.37. The van der Waals surface area contributed by atoms with Gasteiger partial charge in [0.25, 0.3) is 0 Å². The van der Waals surface area contributed by atoms with Crippen molar-refractivity contribution in [3.8, 4) is 0 Å². The van der Waals surface area contributed by atoms with Gasteiger partial charge in [0.05, 0.1) is 12.0 Å². The number of halogens is 1. The molecule has 1 aliphatic carbocycles. The van der Waals surface area contributed by atoms with E-state index in [0.29, 0.717) is 24.9 Å². The van der Waals surface area contributed by atoms with Gasteiger partial charge >= 0.3 is 0 Å². The van der Waals surface area contributed by atoms with Crippen molar-refractivity contribution in [3.63, 3.8) is 0 Å². The van der Waals surface area contributed by atoms with E-state index in [-0.39, 0.29) is 11.5 Å². The Bertz CT molecular complexity index is 257. The third-order valence-electron chi connectivity index (χ3n) is 4.20. The molecule has 0 saturated heterocycles. The van der Waals surface area contributed by atoms with Crippen LogP contribution in [-0.2, 0) is 9.53 Å². The van der Waals surface area contributed by atoms with Crippen LogP contribution < -0.4 is 0 Å². The van der Waals surface area contributed by atoms with Gasteiger partial charge in [0.2, 0.25) is 5.91 Å². The molecule has 0 aromatic heterocycles. The number of amides is 1. The first-order valence-corrected chi connectivity index (χ1v) is 7.56. The van der Waals surface area contributed by atoms with Gasteiger partial charge in [0, 0.05) is 25.6 Å². The third kappa shape index (κ3) is 3.61. The summed E-state index contributed by atoms with van der Waals surface area (Å²) in [7, 11) is 1.72. The second kappa shape index (κ2) is 7.34. The Morgan fingerprint density at radius 3 is 2.33 bits per heavy atom. The molecule has 0 heterocycles. The second-order valence-corrected chi connectivity index (χ2v) is 5.54. The van der Waals surface area contributed by atoms with Crippen molar-refractivity contribution in [2.45, 2.75) is 64.0 Å². The molecule has 0 spiro atoms. The Kier molecular flexibility index (Phi) is 6.44. The molecule has 0 radical (unpaired) electrons. The van der Waals surface area contributed by atoms with Crippen molar-refractivity contribution in [3.05, 3.63) is 0 Å². The lowest BCUT2D eigenvalue weighted by atomic mass is 9.77. The van der Waals surface area contributed by atoms with E-state index in [1.165, 1.54) is 6.42 Å². The smallest absolute Gasteiger partial charge is 0.225 e. The standard InChI is InChI=1S/C14H26ClNO2/c1-4-12(5-2)16(10-9-15)13(17)11-14(18-3)7-6-8-14/h12H,4-11H2,1-3H3. The summed E-state index contributed by atoms with van der Waals surface area (Å²) in [6, 6.07) is 0.310. The average molecular weight is 276 g/mol. The number of carbonyl (C=O) groups excluding carboxylic acids is 1. The van der Waals surface area contributed by atoms with Crippen LogP contribution in [0.5, 0.6) is 0 Å². The fourth-order valence-electron chi connectivity index (χ4n) is 2.73. The Balaban J connectivity index is 2.64. The summed E-state index contributed by atoms with van der Waals surface area (Å²) in [6.07, 6.45) is 5.66. The maximum absolute atomic E-state index is 12.4. The van der Waals surface area contributed by atoms with Gasteiger partial charge in [-0.25, -0.2) is 0 Å². The van der Waals surface area contributed by atoms with Crippen molar-refractivity contribution in [2.75, 3.05) is 19.5 Å². The van der Waals surface area contributed by atoms with Gasteiger partial charge in [0.1, 0.15) is 0 Å². The maximum Gasteiger partial charge on any atom is 0.225 e. The summed E-state index contributed by atoms with van der Waals surface area (Å²) in [5.41, 5.74) is -0.187. The SMILES string of the molecule is CCC(CC)N(CCCl)C(=O)CC1(OC)CCC1. The van der Waals surface area contributed by atoms with E-state index >= 15 is 0 Å². The van der Waals surface area contributed by atoms with E-state index in [0.717, 1.165) is 25.7 Å². The normalized spacial score (nSPS) is 17.6. The lowest BCUT2D eigenvalue weighted by molar-refractivity contribution is -0.146. The fraction of sp³-hybridized carbons (Fsp3) is 0.929. The first kappa shape index (κ1) is 15.8. The van der Waals surface area contributed by atoms with Gasteiger partial charge in [-0.2, -0.15) is 0 Å². The monoisotopic (exact) mass is 275 g/mol. The minimum absolute atomic E-state index is 0.187. The van der Waals surface area contributed by atoms with Crippen LogP contribution in [0.4, 0.5) is 0 Å². The van der Waals surface area contributed by atoms with Crippen LogP contribution in [0.3, 0.4) is 0 Å². The number of carbonyl (C=O) groups is 1. The molecule has 0 N–H and O–H groups in total. The Morgan fingerprint density at radius 1 is 1.39 bits per heavy atom. The molecule has 0 unspecified atom stereocenters. The number of hydrogen-bond acceptors (Lipinski definition) is 2. The van der Waals surface area contributed by atoms with E-state index < -0.39 is 0 Å². The quantitative estimate of drug-likeness (QED) is 0.637. The summed E-state index contributed by atoms with van der Waals surface area (Å²) in [5.74, 6) is 0.702. The largest absolute Gasteiger partial charge is 0.378 e. The zero-order valence-corrected chi connectivity index (χ0v) is 12.6. The summed E-state index contributed by atoms with van der Waals surface area (Å²) in [4.78, 5) is 14.4. The number of methoxy groups -OCH3 is 1. The Hall–Kier alpha value is -0.280. The Labute approximate surface area is 116 Å². The zero-order chi connectivity index (χ0) is 13.6. The van der Waals surface area contributed by atoms with Crippen LogP contribution in [0.25, 0.3) is 0 Å². The summed E-state index contributed by atoms with van der Waals surface area (Å²) in [6.45, 7) is 4.89. The van der Waals surface area contributed by atoms with E-state index in [9.17, 15) is 4.79 Å². The van der Waals surface area contributed by atoms with Gasteiger partial charge in [0.15, 0.2) is 0 Å². The minimum Gasteiger partial charge on any atom is -0.378 e. The van der Waals surface area contributed by atoms with Crippen LogP contribution >= 0.6 is 11.6 Å². The van der Waals surface area contributed by atoms with E-state index in [2.05, 4.69) is 13.8 Å². The molecule has 0 aliphatic heterocycles. The van der Waals surface area contributed by atoms with Gasteiger partial charge in [-0.15, -0.1) is 11.6 Å². The van der Waals surface area contributed by atoms with E-state index in [4.69, 9.17) is 16.3 Å². The molecule has 18 heavy (non-hydrogen) atoms. The molecule has 0 aromatic carbocycles. The molecule has 0 aromatic rings. The fourth-order valence-corrected chi connectivity index (χ4v) is 2.91. The van der Waals surface area contributed by atoms with Crippen molar-refractivity contribution in [1.82, 2.24) is 4.90 Å². The lowest BCUT2D eigenvalue weighted by Gasteiger charge is -2.42. The molecular formula is C14H26ClNO2. The maximum atomic E-state index is 12.4. The molecule has 1 rings (SSSR count). The van der Waals surface area contributed by atoms with Crippen LogP contribution in [0.1, 0.15) is 52.4 Å². The molecule has 1 fully saturated rings. The molecule has 3 nitrogen and oxygen atoms in total. The second-order valence-electron chi connectivity index (χ2n) is 5.16. The van der Waals surface area contributed by atoms with Crippen molar-refractivity contribution < 1.29 is 9.53 Å².